The zero-order valence-electron chi connectivity index (χ0n) is 9.54. The van der Waals surface area contributed by atoms with Gasteiger partial charge in [-0.1, -0.05) is 6.92 Å². The maximum absolute atomic E-state index is 4.02. The van der Waals surface area contributed by atoms with Crippen LogP contribution in [-0.2, 0) is 0 Å². The fourth-order valence-electron chi connectivity index (χ4n) is 1.42. The molecule has 1 heterocycles. The van der Waals surface area contributed by atoms with Crippen LogP contribution in [-0.4, -0.2) is 10.5 Å². The second-order valence-corrected chi connectivity index (χ2v) is 4.38. The molecule has 2 nitrogen and oxygen atoms in total. The van der Waals surface area contributed by atoms with Crippen molar-refractivity contribution in [2.45, 2.75) is 45.7 Å². The Balaban J connectivity index is 2.64. The molecule has 0 fully saturated rings. The Morgan fingerprint density at radius 3 is 2.43 bits per heavy atom. The van der Waals surface area contributed by atoms with E-state index < -0.39 is 0 Å². The van der Waals surface area contributed by atoms with E-state index in [1.54, 1.807) is 0 Å². The molecule has 0 saturated carbocycles. The van der Waals surface area contributed by atoms with Crippen molar-refractivity contribution in [2.75, 3.05) is 0 Å². The van der Waals surface area contributed by atoms with E-state index in [1.807, 2.05) is 12.4 Å². The predicted molar refractivity (Wildman–Crippen MR) is 60.2 cm³/mol. The summed E-state index contributed by atoms with van der Waals surface area (Å²) in [7, 11) is 0. The molecule has 14 heavy (non-hydrogen) atoms. The van der Waals surface area contributed by atoms with Gasteiger partial charge in [-0.15, -0.1) is 0 Å². The molecule has 1 atom stereocenters. The highest BCUT2D eigenvalue weighted by Crippen LogP contribution is 2.17. The van der Waals surface area contributed by atoms with Gasteiger partial charge in [0.2, 0.25) is 0 Å². The Kier molecular flexibility index (Phi) is 3.64. The molecule has 0 aliphatic heterocycles. The van der Waals surface area contributed by atoms with Crippen LogP contribution in [0.1, 0.15) is 45.7 Å². The lowest BCUT2D eigenvalue weighted by molar-refractivity contribution is 0.337. The van der Waals surface area contributed by atoms with Crippen molar-refractivity contribution < 1.29 is 0 Å². The van der Waals surface area contributed by atoms with Gasteiger partial charge in [-0.05, 0) is 44.9 Å². The fraction of sp³-hybridized carbons (Fsp3) is 0.583. The van der Waals surface area contributed by atoms with Crippen LogP contribution in [0.2, 0.25) is 0 Å². The summed E-state index contributed by atoms with van der Waals surface area (Å²) in [6, 6.07) is 4.50. The van der Waals surface area contributed by atoms with E-state index in [0.29, 0.717) is 6.04 Å². The van der Waals surface area contributed by atoms with Crippen LogP contribution in [0.3, 0.4) is 0 Å². The van der Waals surface area contributed by atoms with Crippen LogP contribution >= 0.6 is 0 Å². The van der Waals surface area contributed by atoms with Gasteiger partial charge in [0.05, 0.1) is 0 Å². The predicted octanol–water partition coefficient (Wildman–Crippen LogP) is 2.92. The normalized spacial score (nSPS) is 14.0. The standard InChI is InChI=1S/C12H20N2/c1-5-12(3,4)14-10(2)11-6-8-13-9-7-11/h6-10,14H,5H2,1-4H3. The van der Waals surface area contributed by atoms with Gasteiger partial charge in [0.25, 0.3) is 0 Å². The highest BCUT2D eigenvalue weighted by atomic mass is 15.0. The van der Waals surface area contributed by atoms with Crippen LogP contribution in [0, 0.1) is 0 Å². The van der Waals surface area contributed by atoms with E-state index in [0.717, 1.165) is 6.42 Å². The molecule has 78 valence electrons. The van der Waals surface area contributed by atoms with Crippen molar-refractivity contribution >= 4 is 0 Å². The van der Waals surface area contributed by atoms with Crippen LogP contribution in [0.25, 0.3) is 0 Å². The summed E-state index contributed by atoms with van der Waals surface area (Å²) in [5.41, 5.74) is 1.49. The molecule has 1 unspecified atom stereocenters. The monoisotopic (exact) mass is 192 g/mol. The Morgan fingerprint density at radius 2 is 1.93 bits per heavy atom. The third kappa shape index (κ3) is 3.11. The second kappa shape index (κ2) is 4.56. The highest BCUT2D eigenvalue weighted by Gasteiger charge is 2.17. The molecule has 0 aromatic carbocycles. The first kappa shape index (κ1) is 11.2. The number of rotatable bonds is 4. The number of hydrogen-bond donors (Lipinski definition) is 1. The van der Waals surface area contributed by atoms with E-state index in [4.69, 9.17) is 0 Å². The van der Waals surface area contributed by atoms with E-state index in [9.17, 15) is 0 Å². The molecule has 0 aliphatic carbocycles. The smallest absolute Gasteiger partial charge is 0.0297 e. The molecular weight excluding hydrogens is 172 g/mol. The number of nitrogens with zero attached hydrogens (tertiary/aromatic N) is 1. The highest BCUT2D eigenvalue weighted by molar-refractivity contribution is 5.14. The SMILES string of the molecule is CCC(C)(C)NC(C)c1ccncc1. The van der Waals surface area contributed by atoms with Crippen LogP contribution in [0.5, 0.6) is 0 Å². The van der Waals surface area contributed by atoms with E-state index in [2.05, 4.69) is 50.1 Å². The van der Waals surface area contributed by atoms with Gasteiger partial charge >= 0.3 is 0 Å². The summed E-state index contributed by atoms with van der Waals surface area (Å²) in [5, 5.41) is 3.59. The summed E-state index contributed by atoms with van der Waals surface area (Å²) in [6.07, 6.45) is 4.81. The quantitative estimate of drug-likeness (QED) is 0.793. The topological polar surface area (TPSA) is 24.9 Å². The minimum absolute atomic E-state index is 0.197. The molecule has 0 radical (unpaired) electrons. The van der Waals surface area contributed by atoms with Crippen molar-refractivity contribution in [1.82, 2.24) is 10.3 Å². The van der Waals surface area contributed by atoms with Crippen molar-refractivity contribution in [1.29, 1.82) is 0 Å². The lowest BCUT2D eigenvalue weighted by Crippen LogP contribution is -2.40. The van der Waals surface area contributed by atoms with Crippen LogP contribution in [0.4, 0.5) is 0 Å². The Labute approximate surface area is 86.8 Å². The largest absolute Gasteiger partial charge is 0.305 e. The van der Waals surface area contributed by atoms with Gasteiger partial charge in [0.1, 0.15) is 0 Å². The van der Waals surface area contributed by atoms with Gasteiger partial charge in [0, 0.05) is 24.0 Å². The number of nitrogens with one attached hydrogen (secondary N) is 1. The lowest BCUT2D eigenvalue weighted by atomic mass is 9.99. The molecule has 0 bridgehead atoms. The van der Waals surface area contributed by atoms with Crippen molar-refractivity contribution in [3.63, 3.8) is 0 Å². The fourth-order valence-corrected chi connectivity index (χ4v) is 1.42. The molecule has 0 amide bonds. The third-order valence-corrected chi connectivity index (χ3v) is 2.70. The zero-order chi connectivity index (χ0) is 10.6. The van der Waals surface area contributed by atoms with Gasteiger partial charge in [-0.3, -0.25) is 4.98 Å². The van der Waals surface area contributed by atoms with Gasteiger partial charge in [-0.2, -0.15) is 0 Å². The summed E-state index contributed by atoms with van der Waals surface area (Å²) < 4.78 is 0. The van der Waals surface area contributed by atoms with E-state index >= 15 is 0 Å². The Hall–Kier alpha value is -0.890. The third-order valence-electron chi connectivity index (χ3n) is 2.70. The van der Waals surface area contributed by atoms with Crippen molar-refractivity contribution in [3.05, 3.63) is 30.1 Å². The first-order valence-electron chi connectivity index (χ1n) is 5.23. The van der Waals surface area contributed by atoms with Crippen molar-refractivity contribution in [3.8, 4) is 0 Å². The summed E-state index contributed by atoms with van der Waals surface area (Å²) in [6.45, 7) is 8.84. The average Bonchev–Trinajstić information content (AvgIpc) is 2.19. The molecule has 2 heteroatoms. The van der Waals surface area contributed by atoms with Gasteiger partial charge in [-0.25, -0.2) is 0 Å². The molecular formula is C12H20N2. The van der Waals surface area contributed by atoms with Crippen molar-refractivity contribution in [2.24, 2.45) is 0 Å². The first-order chi connectivity index (χ1) is 6.55. The minimum Gasteiger partial charge on any atom is -0.305 e. The first-order valence-corrected chi connectivity index (χ1v) is 5.23. The molecule has 1 rings (SSSR count). The molecule has 1 N–H and O–H groups in total. The molecule has 1 aromatic rings. The Bertz CT molecular complexity index is 267. The molecule has 0 spiro atoms. The maximum Gasteiger partial charge on any atom is 0.0297 e. The molecule has 1 aromatic heterocycles. The summed E-state index contributed by atoms with van der Waals surface area (Å²) in [5.74, 6) is 0. The zero-order valence-corrected chi connectivity index (χ0v) is 9.54. The maximum atomic E-state index is 4.02. The number of hydrogen-bond acceptors (Lipinski definition) is 2. The van der Waals surface area contributed by atoms with Gasteiger partial charge in [0.15, 0.2) is 0 Å². The minimum atomic E-state index is 0.197. The van der Waals surface area contributed by atoms with E-state index in [1.165, 1.54) is 5.56 Å². The lowest BCUT2D eigenvalue weighted by Gasteiger charge is -2.29. The summed E-state index contributed by atoms with van der Waals surface area (Å²) in [4.78, 5) is 4.02. The Morgan fingerprint density at radius 1 is 1.36 bits per heavy atom. The number of aromatic nitrogens is 1. The average molecular weight is 192 g/mol. The van der Waals surface area contributed by atoms with Crippen LogP contribution < -0.4 is 5.32 Å². The second-order valence-electron chi connectivity index (χ2n) is 4.38. The van der Waals surface area contributed by atoms with Gasteiger partial charge < -0.3 is 5.32 Å². The summed E-state index contributed by atoms with van der Waals surface area (Å²) >= 11 is 0. The van der Waals surface area contributed by atoms with E-state index in [-0.39, 0.29) is 5.54 Å². The molecule has 0 aliphatic rings. The number of pyridine rings is 1. The van der Waals surface area contributed by atoms with Crippen LogP contribution in [0.15, 0.2) is 24.5 Å². The molecule has 0 saturated heterocycles.